The van der Waals surface area contributed by atoms with Crippen LogP contribution in [0.3, 0.4) is 0 Å². The van der Waals surface area contributed by atoms with Crippen LogP contribution in [0.1, 0.15) is 134 Å². The fourth-order valence-electron chi connectivity index (χ4n) is 11.1. The highest BCUT2D eigenvalue weighted by molar-refractivity contribution is 5.98. The third kappa shape index (κ3) is 20.4. The summed E-state index contributed by atoms with van der Waals surface area (Å²) in [6.45, 7) is 5.45. The number of benzene rings is 2. The number of aromatic amines is 1. The van der Waals surface area contributed by atoms with Crippen molar-refractivity contribution in [1.29, 1.82) is 0 Å². The fraction of sp³-hybridized carbons (Fsp3) is 0.617. The van der Waals surface area contributed by atoms with E-state index in [9.17, 15) is 48.3 Å². The molecule has 22 nitrogen and oxygen atoms in total. The summed E-state index contributed by atoms with van der Waals surface area (Å²) in [7, 11) is 0. The van der Waals surface area contributed by atoms with Gasteiger partial charge < -0.3 is 70.2 Å². The van der Waals surface area contributed by atoms with Gasteiger partial charge in [0.05, 0.1) is 24.6 Å². The zero-order valence-electron chi connectivity index (χ0n) is 48.2. The maximum absolute atomic E-state index is 14.9. The van der Waals surface area contributed by atoms with E-state index >= 15 is 0 Å². The molecule has 2 heterocycles. The molecule has 1 aliphatic heterocycles. The van der Waals surface area contributed by atoms with Gasteiger partial charge in [-0.1, -0.05) is 95.3 Å². The number of Topliss-reactive ketones (excluding diaryl/α,β-unsaturated/α-hetero) is 2. The minimum Gasteiger partial charge on any atom is -0.393 e. The number of ketones is 2. The van der Waals surface area contributed by atoms with Crippen molar-refractivity contribution in [2.45, 2.75) is 179 Å². The topological polar surface area (TPSA) is 378 Å². The van der Waals surface area contributed by atoms with Gasteiger partial charge in [-0.2, -0.15) is 0 Å². The van der Waals surface area contributed by atoms with E-state index in [1.165, 1.54) is 0 Å². The van der Waals surface area contributed by atoms with Crippen LogP contribution in [0.5, 0.6) is 0 Å². The average molecular weight is 1140 g/mol. The van der Waals surface area contributed by atoms with Crippen LogP contribution in [0.15, 0.2) is 54.7 Å². The molecule has 82 heavy (non-hydrogen) atoms. The third-order valence-electron chi connectivity index (χ3n) is 15.7. The molecule has 0 spiro atoms. The molecular weight excluding hydrogens is 1050 g/mol. The van der Waals surface area contributed by atoms with Crippen LogP contribution in [0.2, 0.25) is 0 Å². The number of carbonyl (C=O) groups is 9. The molecule has 5 rings (SSSR count). The molecule has 0 unspecified atom stereocenters. The number of aliphatic hydroxyl groups is 1. The molecular formula is C60H92N12O10. The van der Waals surface area contributed by atoms with Crippen molar-refractivity contribution in [3.8, 4) is 0 Å². The first-order valence-electron chi connectivity index (χ1n) is 29.6. The Morgan fingerprint density at radius 1 is 0.646 bits per heavy atom. The zero-order chi connectivity index (χ0) is 59.7. The van der Waals surface area contributed by atoms with E-state index in [-0.39, 0.29) is 96.4 Å². The van der Waals surface area contributed by atoms with Gasteiger partial charge in [-0.05, 0) is 119 Å². The number of fused-ring (bicyclic) bond motifs is 2. The summed E-state index contributed by atoms with van der Waals surface area (Å²) in [5.74, 6) is -8.61. The molecule has 22 heteroatoms. The van der Waals surface area contributed by atoms with Gasteiger partial charge in [0.15, 0.2) is 11.6 Å². The lowest BCUT2D eigenvalue weighted by Gasteiger charge is -2.29. The lowest BCUT2D eigenvalue weighted by atomic mass is 9.83. The highest BCUT2D eigenvalue weighted by atomic mass is 16.3. The number of amides is 7. The Bertz CT molecular complexity index is 2580. The van der Waals surface area contributed by atoms with E-state index in [2.05, 4.69) is 49.1 Å². The Labute approximate surface area is 482 Å². The second-order valence-electron chi connectivity index (χ2n) is 22.7. The predicted octanol–water partition coefficient (Wildman–Crippen LogP) is 1.26. The molecule has 9 atom stereocenters. The molecule has 1 aromatic heterocycles. The van der Waals surface area contributed by atoms with Gasteiger partial charge in [0.2, 0.25) is 41.4 Å². The Morgan fingerprint density at radius 2 is 1.22 bits per heavy atom. The number of nitrogens with two attached hydrogens (primary N) is 4. The van der Waals surface area contributed by atoms with Gasteiger partial charge in [-0.25, -0.2) is 0 Å². The standard InChI is InChI=1S/C60H92N12O10/c1-4-5-6-7-8-15-42(73)33-54(76)67-46(18-23-61)52(74)32-39-22-27-65-57(79)51(31-41-35-66-45-17-12-11-16-43(41)45)72-59(81)49(21-26-64)69-58(80)48(20-25-63)70-60(82)50(28-36(2)3)71-56(78)44(34-53(75)47(19-24-62)68-55(39)77)40-29-37-13-9-10-14-38(37)30-40/h9-14,16-17,35-36,39-40,42,44,46-51,66,73H,4-8,15,18-34,61-64H2,1-3H3,(H,65,79)(H,67,76)(H,68,77)(H,69,80)(H,70,82)(H,71,78)(H,72,81)/t39-,42-,44-,46-,47+,48+,49+,50+,51+/m1/s1. The summed E-state index contributed by atoms with van der Waals surface area (Å²) in [5, 5.41) is 31.1. The van der Waals surface area contributed by atoms with Crippen molar-refractivity contribution in [2.75, 3.05) is 32.7 Å². The number of aromatic nitrogens is 1. The van der Waals surface area contributed by atoms with Crippen LogP contribution in [0.25, 0.3) is 10.9 Å². The second-order valence-corrected chi connectivity index (χ2v) is 22.7. The van der Waals surface area contributed by atoms with E-state index in [0.29, 0.717) is 24.8 Å². The van der Waals surface area contributed by atoms with Crippen LogP contribution in [-0.2, 0) is 62.4 Å². The van der Waals surface area contributed by atoms with Crippen molar-refractivity contribution < 1.29 is 48.3 Å². The SMILES string of the molecule is CCCCCCC[C@@H](O)CC(=O)N[C@H](CCN)C(=O)C[C@H]1CCNC(=O)[C@H](Cc2c[nH]c3ccccc23)NC(=O)[C@H](CCN)NC(=O)[C@H](CCN)NC(=O)[C@H](CC(C)C)NC(=O)[C@@H](C2Cc3ccccc3C2)CC(=O)[C@H](CCN)NC1=O. The molecule has 3 aromatic rings. The third-order valence-corrected chi connectivity index (χ3v) is 15.7. The number of H-pyrrole nitrogens is 1. The molecule has 0 saturated carbocycles. The molecule has 0 radical (unpaired) electrons. The van der Waals surface area contributed by atoms with Crippen molar-refractivity contribution in [3.05, 3.63) is 71.4 Å². The summed E-state index contributed by atoms with van der Waals surface area (Å²) >= 11 is 0. The first-order chi connectivity index (χ1) is 39.4. The first-order valence-corrected chi connectivity index (χ1v) is 29.6. The van der Waals surface area contributed by atoms with E-state index < -0.39 is 119 Å². The quantitative estimate of drug-likeness (QED) is 0.0532. The molecule has 7 amide bonds. The van der Waals surface area contributed by atoms with Gasteiger partial charge in [0.1, 0.15) is 24.2 Å². The molecule has 1 saturated heterocycles. The summed E-state index contributed by atoms with van der Waals surface area (Å²) in [4.78, 5) is 133. The summed E-state index contributed by atoms with van der Waals surface area (Å²) in [5.41, 5.74) is 27.5. The van der Waals surface area contributed by atoms with E-state index in [4.69, 9.17) is 22.9 Å². The Balaban J connectivity index is 1.53. The highest BCUT2D eigenvalue weighted by Crippen LogP contribution is 2.34. The van der Waals surface area contributed by atoms with Gasteiger partial charge in [0.25, 0.3) is 0 Å². The first kappa shape index (κ1) is 66.2. The normalized spacial score (nSPS) is 23.0. The molecule has 1 aliphatic carbocycles. The van der Waals surface area contributed by atoms with Crippen LogP contribution >= 0.6 is 0 Å². The van der Waals surface area contributed by atoms with E-state index in [1.807, 2.05) is 62.4 Å². The minimum atomic E-state index is -1.30. The van der Waals surface area contributed by atoms with Crippen molar-refractivity contribution in [1.82, 2.24) is 42.2 Å². The van der Waals surface area contributed by atoms with Crippen molar-refractivity contribution in [2.24, 2.45) is 46.6 Å². The smallest absolute Gasteiger partial charge is 0.243 e. The predicted molar refractivity (Wildman–Crippen MR) is 313 cm³/mol. The minimum absolute atomic E-state index is 0.00594. The van der Waals surface area contributed by atoms with Crippen LogP contribution < -0.4 is 60.2 Å². The molecule has 17 N–H and O–H groups in total. The van der Waals surface area contributed by atoms with Gasteiger partial charge in [0, 0.05) is 54.7 Å². The van der Waals surface area contributed by atoms with Gasteiger partial charge >= 0.3 is 0 Å². The number of nitrogens with one attached hydrogen (secondary N) is 8. The van der Waals surface area contributed by atoms with Gasteiger partial charge in [-0.15, -0.1) is 0 Å². The Kier molecular flexibility index (Phi) is 27.6. The highest BCUT2D eigenvalue weighted by Gasteiger charge is 2.40. The number of para-hydroxylation sites is 1. The Hall–Kier alpha value is -6.59. The molecule has 452 valence electrons. The monoisotopic (exact) mass is 1140 g/mol. The lowest BCUT2D eigenvalue weighted by Crippen LogP contribution is -2.59. The van der Waals surface area contributed by atoms with E-state index in [0.717, 1.165) is 54.1 Å². The van der Waals surface area contributed by atoms with E-state index in [1.54, 1.807) is 6.20 Å². The zero-order valence-corrected chi connectivity index (χ0v) is 48.2. The summed E-state index contributed by atoms with van der Waals surface area (Å²) in [6, 6.07) is 7.68. The van der Waals surface area contributed by atoms with Crippen molar-refractivity contribution >= 4 is 63.8 Å². The number of hydrogen-bond acceptors (Lipinski definition) is 14. The number of rotatable bonds is 25. The number of unbranched alkanes of at least 4 members (excludes halogenated alkanes) is 4. The lowest BCUT2D eigenvalue weighted by molar-refractivity contribution is -0.137. The molecule has 1 fully saturated rings. The van der Waals surface area contributed by atoms with Crippen LogP contribution in [0, 0.1) is 23.7 Å². The van der Waals surface area contributed by atoms with Crippen molar-refractivity contribution in [3.63, 3.8) is 0 Å². The maximum Gasteiger partial charge on any atom is 0.243 e. The van der Waals surface area contributed by atoms with Crippen LogP contribution in [-0.4, -0.2) is 138 Å². The molecule has 0 bridgehead atoms. The Morgan fingerprint density at radius 3 is 1.84 bits per heavy atom. The van der Waals surface area contributed by atoms with Crippen LogP contribution in [0.4, 0.5) is 0 Å². The number of hydrogen-bond donors (Lipinski definition) is 13. The number of aliphatic hydroxyl groups excluding tert-OH is 1. The largest absolute Gasteiger partial charge is 0.393 e. The fourth-order valence-corrected chi connectivity index (χ4v) is 11.1. The summed E-state index contributed by atoms with van der Waals surface area (Å²) < 4.78 is 0. The molecule has 2 aromatic carbocycles. The average Bonchev–Trinajstić information content (AvgIpc) is 4.07. The van der Waals surface area contributed by atoms with Gasteiger partial charge in [-0.3, -0.25) is 43.2 Å². The second kappa shape index (κ2) is 34.1. The maximum atomic E-state index is 14.9. The molecule has 2 aliphatic rings. The number of carbonyl (C=O) groups excluding carboxylic acids is 9. The summed E-state index contributed by atoms with van der Waals surface area (Å²) in [6.07, 6.45) is 5.60.